The van der Waals surface area contributed by atoms with Gasteiger partial charge in [0.1, 0.15) is 5.75 Å². The summed E-state index contributed by atoms with van der Waals surface area (Å²) < 4.78 is 29.7. The number of amides is 1. The molecular formula is C16H15F2NO2S. The van der Waals surface area contributed by atoms with Gasteiger partial charge in [0.25, 0.3) is 11.7 Å². The number of carbonyl (C=O) groups is 1. The van der Waals surface area contributed by atoms with E-state index < -0.39 is 5.76 Å². The molecule has 2 aromatic carbocycles. The van der Waals surface area contributed by atoms with Crippen LogP contribution in [0, 0.1) is 0 Å². The molecule has 0 unspecified atom stereocenters. The average molecular weight is 323 g/mol. The lowest BCUT2D eigenvalue weighted by atomic mass is 10.2. The molecule has 1 N–H and O–H groups in total. The van der Waals surface area contributed by atoms with Gasteiger partial charge in [-0.15, -0.1) is 0 Å². The fourth-order valence-corrected chi connectivity index (χ4v) is 2.41. The Morgan fingerprint density at radius 3 is 2.50 bits per heavy atom. The number of hydrogen-bond acceptors (Lipinski definition) is 3. The van der Waals surface area contributed by atoms with Gasteiger partial charge in [0, 0.05) is 22.6 Å². The molecule has 116 valence electrons. The second kappa shape index (κ2) is 7.79. The first-order valence-corrected chi connectivity index (χ1v) is 7.43. The monoisotopic (exact) mass is 323 g/mol. The van der Waals surface area contributed by atoms with E-state index in [0.29, 0.717) is 34.5 Å². The Morgan fingerprint density at radius 2 is 1.86 bits per heavy atom. The maximum absolute atomic E-state index is 12.2. The molecule has 0 saturated carbocycles. The highest BCUT2D eigenvalue weighted by molar-refractivity contribution is 7.99. The van der Waals surface area contributed by atoms with Gasteiger partial charge in [0.05, 0.1) is 7.11 Å². The maximum atomic E-state index is 12.2. The Morgan fingerprint density at radius 1 is 1.18 bits per heavy atom. The number of benzene rings is 2. The van der Waals surface area contributed by atoms with Gasteiger partial charge in [0.2, 0.25) is 0 Å². The number of halogens is 2. The fourth-order valence-electron chi connectivity index (χ4n) is 1.91. The molecule has 0 radical (unpaired) electrons. The summed E-state index contributed by atoms with van der Waals surface area (Å²) in [6, 6.07) is 13.5. The highest BCUT2D eigenvalue weighted by Gasteiger charge is 2.09. The molecule has 3 nitrogen and oxygen atoms in total. The van der Waals surface area contributed by atoms with E-state index in [1.165, 1.54) is 24.3 Å². The minimum atomic E-state index is -2.47. The van der Waals surface area contributed by atoms with Crippen molar-refractivity contribution < 1.29 is 18.3 Å². The normalized spacial score (nSPS) is 10.5. The minimum Gasteiger partial charge on any atom is -0.496 e. The molecule has 0 spiro atoms. The molecule has 0 aliphatic rings. The zero-order valence-electron chi connectivity index (χ0n) is 11.9. The van der Waals surface area contributed by atoms with Gasteiger partial charge in [0.15, 0.2) is 0 Å². The topological polar surface area (TPSA) is 38.3 Å². The molecule has 0 bridgehead atoms. The number of ether oxygens (including phenoxy) is 1. The third kappa shape index (κ3) is 4.46. The first kappa shape index (κ1) is 16.3. The number of methoxy groups -OCH3 is 1. The fraction of sp³-hybridized carbons (Fsp3) is 0.188. The molecule has 2 rings (SSSR count). The lowest BCUT2D eigenvalue weighted by molar-refractivity contribution is 0.0950. The summed E-state index contributed by atoms with van der Waals surface area (Å²) >= 11 is 0.452. The molecule has 0 saturated heterocycles. The summed E-state index contributed by atoms with van der Waals surface area (Å²) in [5.41, 5.74) is 1.29. The molecule has 0 atom stereocenters. The van der Waals surface area contributed by atoms with Crippen molar-refractivity contribution in [3.63, 3.8) is 0 Å². The van der Waals surface area contributed by atoms with Crippen LogP contribution in [-0.4, -0.2) is 18.8 Å². The Balaban J connectivity index is 1.97. The van der Waals surface area contributed by atoms with Crippen LogP contribution in [0.1, 0.15) is 15.9 Å². The van der Waals surface area contributed by atoms with Gasteiger partial charge < -0.3 is 10.1 Å². The van der Waals surface area contributed by atoms with Crippen LogP contribution in [0.15, 0.2) is 53.4 Å². The summed E-state index contributed by atoms with van der Waals surface area (Å²) in [5.74, 6) is -2.03. The molecular weight excluding hydrogens is 308 g/mol. The maximum Gasteiger partial charge on any atom is 0.288 e. The molecule has 0 aliphatic heterocycles. The number of carbonyl (C=O) groups excluding carboxylic acids is 1. The SMILES string of the molecule is COc1ccccc1CNC(=O)c1ccc(SC(F)F)cc1. The molecule has 6 heteroatoms. The van der Waals surface area contributed by atoms with Crippen molar-refractivity contribution in [2.45, 2.75) is 17.2 Å². The molecule has 2 aromatic rings. The van der Waals surface area contributed by atoms with Gasteiger partial charge in [-0.05, 0) is 30.3 Å². The molecule has 0 heterocycles. The van der Waals surface area contributed by atoms with E-state index in [1.807, 2.05) is 24.3 Å². The number of hydrogen-bond donors (Lipinski definition) is 1. The standard InChI is InChI=1S/C16H15F2NO2S/c1-21-14-5-3-2-4-12(14)10-19-15(20)11-6-8-13(9-7-11)22-16(17)18/h2-9,16H,10H2,1H3,(H,19,20). The zero-order chi connectivity index (χ0) is 15.9. The quantitative estimate of drug-likeness (QED) is 0.818. The summed E-state index contributed by atoms with van der Waals surface area (Å²) in [6.45, 7) is 0.330. The van der Waals surface area contributed by atoms with E-state index in [1.54, 1.807) is 7.11 Å². The number of thioether (sulfide) groups is 1. The van der Waals surface area contributed by atoms with Gasteiger partial charge in [-0.1, -0.05) is 30.0 Å². The highest BCUT2D eigenvalue weighted by Crippen LogP contribution is 2.25. The minimum absolute atomic E-state index is 0.264. The molecule has 22 heavy (non-hydrogen) atoms. The van der Waals surface area contributed by atoms with Crippen LogP contribution in [-0.2, 0) is 6.54 Å². The summed E-state index contributed by atoms with van der Waals surface area (Å²) in [6.07, 6.45) is 0. The molecule has 1 amide bonds. The predicted molar refractivity (Wildman–Crippen MR) is 82.5 cm³/mol. The van der Waals surface area contributed by atoms with Crippen molar-refractivity contribution in [1.29, 1.82) is 0 Å². The van der Waals surface area contributed by atoms with Crippen LogP contribution in [0.4, 0.5) is 8.78 Å². The third-order valence-electron chi connectivity index (χ3n) is 2.97. The van der Waals surface area contributed by atoms with Crippen LogP contribution in [0.2, 0.25) is 0 Å². The van der Waals surface area contributed by atoms with Crippen molar-refractivity contribution in [2.75, 3.05) is 7.11 Å². The second-order valence-electron chi connectivity index (χ2n) is 4.40. The molecule has 0 fully saturated rings. The largest absolute Gasteiger partial charge is 0.496 e. The average Bonchev–Trinajstić information content (AvgIpc) is 2.53. The van der Waals surface area contributed by atoms with E-state index in [2.05, 4.69) is 5.32 Å². The van der Waals surface area contributed by atoms with Crippen molar-refractivity contribution in [3.8, 4) is 5.75 Å². The zero-order valence-corrected chi connectivity index (χ0v) is 12.7. The summed E-state index contributed by atoms with van der Waals surface area (Å²) in [4.78, 5) is 12.5. The second-order valence-corrected chi connectivity index (χ2v) is 5.46. The summed E-state index contributed by atoms with van der Waals surface area (Å²) in [7, 11) is 1.57. The van der Waals surface area contributed by atoms with E-state index in [0.717, 1.165) is 5.56 Å². The van der Waals surface area contributed by atoms with Crippen LogP contribution in [0.5, 0.6) is 5.75 Å². The van der Waals surface area contributed by atoms with Crippen molar-refractivity contribution in [1.82, 2.24) is 5.32 Å². The van der Waals surface area contributed by atoms with E-state index in [4.69, 9.17) is 4.74 Å². The Hall–Kier alpha value is -2.08. The third-order valence-corrected chi connectivity index (χ3v) is 3.70. The number of alkyl halides is 2. The van der Waals surface area contributed by atoms with E-state index in [-0.39, 0.29) is 5.91 Å². The number of nitrogens with one attached hydrogen (secondary N) is 1. The van der Waals surface area contributed by atoms with Gasteiger partial charge >= 0.3 is 0 Å². The van der Waals surface area contributed by atoms with Crippen molar-refractivity contribution in [2.24, 2.45) is 0 Å². The lowest BCUT2D eigenvalue weighted by Gasteiger charge is -2.09. The predicted octanol–water partition coefficient (Wildman–Crippen LogP) is 3.94. The first-order chi connectivity index (χ1) is 10.6. The number of para-hydroxylation sites is 1. The molecule has 0 aliphatic carbocycles. The Bertz CT molecular complexity index is 632. The Kier molecular flexibility index (Phi) is 5.77. The van der Waals surface area contributed by atoms with Crippen LogP contribution in [0.25, 0.3) is 0 Å². The van der Waals surface area contributed by atoms with Gasteiger partial charge in [-0.25, -0.2) is 0 Å². The smallest absolute Gasteiger partial charge is 0.288 e. The number of rotatable bonds is 6. The molecule has 0 aromatic heterocycles. The summed E-state index contributed by atoms with van der Waals surface area (Å²) in [5, 5.41) is 2.78. The van der Waals surface area contributed by atoms with E-state index >= 15 is 0 Å². The first-order valence-electron chi connectivity index (χ1n) is 6.55. The van der Waals surface area contributed by atoms with Gasteiger partial charge in [-0.3, -0.25) is 4.79 Å². The van der Waals surface area contributed by atoms with Crippen molar-refractivity contribution in [3.05, 3.63) is 59.7 Å². The lowest BCUT2D eigenvalue weighted by Crippen LogP contribution is -2.22. The highest BCUT2D eigenvalue weighted by atomic mass is 32.2. The van der Waals surface area contributed by atoms with Crippen LogP contribution in [0.3, 0.4) is 0 Å². The van der Waals surface area contributed by atoms with E-state index in [9.17, 15) is 13.6 Å². The van der Waals surface area contributed by atoms with Crippen LogP contribution >= 0.6 is 11.8 Å². The Labute approximate surface area is 131 Å². The van der Waals surface area contributed by atoms with Crippen LogP contribution < -0.4 is 10.1 Å². The van der Waals surface area contributed by atoms with Gasteiger partial charge in [-0.2, -0.15) is 8.78 Å². The van der Waals surface area contributed by atoms with Crippen molar-refractivity contribution >= 4 is 17.7 Å².